The van der Waals surface area contributed by atoms with Crippen LogP contribution in [0.25, 0.3) is 0 Å². The summed E-state index contributed by atoms with van der Waals surface area (Å²) < 4.78 is 10.9. The molecule has 2 N–H and O–H groups in total. The van der Waals surface area contributed by atoms with Crippen molar-refractivity contribution < 1.29 is 9.15 Å². The highest BCUT2D eigenvalue weighted by molar-refractivity contribution is 7.09. The predicted octanol–water partition coefficient (Wildman–Crippen LogP) is 3.33. The number of nitrogens with one attached hydrogen (secondary N) is 2. The Labute approximate surface area is 172 Å². The van der Waals surface area contributed by atoms with Crippen molar-refractivity contribution in [3.63, 3.8) is 0 Å². The topological polar surface area (TPSA) is 62.0 Å². The molecule has 1 aliphatic heterocycles. The molecular formula is C21H32N4O2S. The van der Waals surface area contributed by atoms with Crippen molar-refractivity contribution in [3.05, 3.63) is 46.5 Å². The van der Waals surface area contributed by atoms with Crippen molar-refractivity contribution in [1.82, 2.24) is 15.5 Å². The first-order chi connectivity index (χ1) is 13.8. The molecule has 1 aliphatic rings. The number of furan rings is 1. The van der Waals surface area contributed by atoms with Gasteiger partial charge in [-0.1, -0.05) is 6.07 Å². The summed E-state index contributed by atoms with van der Waals surface area (Å²) in [5, 5.41) is 9.03. The molecule has 7 heteroatoms. The van der Waals surface area contributed by atoms with Gasteiger partial charge in [-0.15, -0.1) is 11.3 Å². The Bertz CT molecular complexity index is 673. The van der Waals surface area contributed by atoms with Gasteiger partial charge in [0.05, 0.1) is 6.26 Å². The van der Waals surface area contributed by atoms with Crippen molar-refractivity contribution in [2.75, 3.05) is 39.8 Å². The minimum atomic E-state index is 0.531. The van der Waals surface area contributed by atoms with Gasteiger partial charge in [0.2, 0.25) is 0 Å². The van der Waals surface area contributed by atoms with Crippen LogP contribution in [0.3, 0.4) is 0 Å². The van der Waals surface area contributed by atoms with Gasteiger partial charge in [-0.25, -0.2) is 0 Å². The van der Waals surface area contributed by atoms with E-state index in [1.54, 1.807) is 6.26 Å². The molecular weight excluding hydrogens is 372 g/mol. The van der Waals surface area contributed by atoms with Gasteiger partial charge in [0.15, 0.2) is 5.96 Å². The molecule has 0 radical (unpaired) electrons. The van der Waals surface area contributed by atoms with E-state index in [4.69, 9.17) is 9.15 Å². The predicted molar refractivity (Wildman–Crippen MR) is 115 cm³/mol. The largest absolute Gasteiger partial charge is 0.467 e. The highest BCUT2D eigenvalue weighted by atomic mass is 32.1. The molecule has 3 rings (SSSR count). The van der Waals surface area contributed by atoms with E-state index >= 15 is 0 Å². The minimum Gasteiger partial charge on any atom is -0.467 e. The van der Waals surface area contributed by atoms with Crippen LogP contribution in [0.15, 0.2) is 45.3 Å². The zero-order chi connectivity index (χ0) is 19.4. The van der Waals surface area contributed by atoms with E-state index in [-0.39, 0.29) is 0 Å². The second-order valence-corrected chi connectivity index (χ2v) is 8.22. The Hall–Kier alpha value is -1.83. The number of rotatable bonds is 10. The fraction of sp³-hybridized carbons (Fsp3) is 0.571. The third kappa shape index (κ3) is 7.30. The first-order valence-electron chi connectivity index (χ1n) is 10.1. The first kappa shape index (κ1) is 20.9. The molecule has 3 heterocycles. The average molecular weight is 405 g/mol. The Morgan fingerprint density at radius 3 is 3.11 bits per heavy atom. The summed E-state index contributed by atoms with van der Waals surface area (Å²) in [4.78, 5) is 8.37. The lowest BCUT2D eigenvalue weighted by atomic mass is 9.98. The van der Waals surface area contributed by atoms with Crippen molar-refractivity contribution in [2.24, 2.45) is 10.9 Å². The van der Waals surface area contributed by atoms with Crippen molar-refractivity contribution in [3.8, 4) is 0 Å². The minimum absolute atomic E-state index is 0.531. The Balaban J connectivity index is 1.27. The molecule has 0 bridgehead atoms. The number of likely N-dealkylation sites (tertiary alicyclic amines) is 1. The van der Waals surface area contributed by atoms with E-state index in [1.165, 1.54) is 24.3 Å². The van der Waals surface area contributed by atoms with Crippen LogP contribution in [0.2, 0.25) is 0 Å². The highest BCUT2D eigenvalue weighted by Gasteiger charge is 2.20. The second kappa shape index (κ2) is 11.9. The van der Waals surface area contributed by atoms with Crippen LogP contribution in [0, 0.1) is 5.92 Å². The summed E-state index contributed by atoms with van der Waals surface area (Å²) in [7, 11) is 1.83. The van der Waals surface area contributed by atoms with E-state index in [1.807, 2.05) is 30.5 Å². The monoisotopic (exact) mass is 404 g/mol. The van der Waals surface area contributed by atoms with Crippen LogP contribution in [0.5, 0.6) is 0 Å². The lowest BCUT2D eigenvalue weighted by molar-refractivity contribution is 0.105. The normalized spacial score (nSPS) is 18.3. The molecule has 6 nitrogen and oxygen atoms in total. The van der Waals surface area contributed by atoms with Gasteiger partial charge in [0.1, 0.15) is 12.4 Å². The molecule has 2 aromatic rings. The molecule has 0 spiro atoms. The number of thiophene rings is 1. The maximum atomic E-state index is 5.60. The molecule has 1 saturated heterocycles. The quantitative estimate of drug-likeness (QED) is 0.361. The molecule has 1 fully saturated rings. The number of ether oxygens (including phenoxy) is 1. The molecule has 1 atom stereocenters. The lowest BCUT2D eigenvalue weighted by Gasteiger charge is -2.32. The highest BCUT2D eigenvalue weighted by Crippen LogP contribution is 2.19. The number of nitrogens with zero attached hydrogens (tertiary/aromatic N) is 2. The smallest absolute Gasteiger partial charge is 0.190 e. The number of hydrogen-bond acceptors (Lipinski definition) is 5. The first-order valence-corrected chi connectivity index (χ1v) is 11.0. The number of piperidine rings is 1. The third-order valence-corrected chi connectivity index (χ3v) is 5.79. The van der Waals surface area contributed by atoms with Crippen LogP contribution in [-0.4, -0.2) is 50.7 Å². The molecule has 2 aromatic heterocycles. The summed E-state index contributed by atoms with van der Waals surface area (Å²) >= 11 is 1.85. The van der Waals surface area contributed by atoms with Crippen LogP contribution < -0.4 is 10.6 Å². The van der Waals surface area contributed by atoms with Gasteiger partial charge < -0.3 is 19.8 Å². The zero-order valence-electron chi connectivity index (χ0n) is 16.7. The maximum Gasteiger partial charge on any atom is 0.190 e. The molecule has 0 aromatic carbocycles. The lowest BCUT2D eigenvalue weighted by Crippen LogP contribution is -2.44. The second-order valence-electron chi connectivity index (χ2n) is 7.19. The molecule has 0 amide bonds. The Kier molecular flexibility index (Phi) is 8.87. The third-order valence-electron chi connectivity index (χ3n) is 4.93. The number of aliphatic imine (C=N–C) groups is 1. The summed E-state index contributed by atoms with van der Waals surface area (Å²) in [5.41, 5.74) is 0. The van der Waals surface area contributed by atoms with Gasteiger partial charge in [-0.05, 0) is 55.3 Å². The molecule has 0 saturated carbocycles. The SMILES string of the molecule is CN=C(NCCCOCc1ccco1)NCC1CCCN(Cc2cccs2)C1. The van der Waals surface area contributed by atoms with Gasteiger partial charge in [0, 0.05) is 44.7 Å². The number of guanidine groups is 1. The van der Waals surface area contributed by atoms with Crippen LogP contribution in [0.1, 0.15) is 29.9 Å². The van der Waals surface area contributed by atoms with Crippen molar-refractivity contribution in [1.29, 1.82) is 0 Å². The van der Waals surface area contributed by atoms with Gasteiger partial charge >= 0.3 is 0 Å². The molecule has 154 valence electrons. The average Bonchev–Trinajstić information content (AvgIpc) is 3.41. The van der Waals surface area contributed by atoms with Gasteiger partial charge in [0.25, 0.3) is 0 Å². The van der Waals surface area contributed by atoms with Gasteiger partial charge in [-0.3, -0.25) is 9.89 Å². The fourth-order valence-corrected chi connectivity index (χ4v) is 4.24. The Morgan fingerprint density at radius 1 is 1.36 bits per heavy atom. The number of hydrogen-bond donors (Lipinski definition) is 2. The van der Waals surface area contributed by atoms with Crippen molar-refractivity contribution >= 4 is 17.3 Å². The Morgan fingerprint density at radius 2 is 2.32 bits per heavy atom. The van der Waals surface area contributed by atoms with E-state index in [0.29, 0.717) is 19.1 Å². The van der Waals surface area contributed by atoms with E-state index in [2.05, 4.69) is 38.0 Å². The maximum absolute atomic E-state index is 5.60. The van der Waals surface area contributed by atoms with Crippen LogP contribution >= 0.6 is 11.3 Å². The van der Waals surface area contributed by atoms with Crippen molar-refractivity contribution in [2.45, 2.75) is 32.4 Å². The van der Waals surface area contributed by atoms with E-state index in [0.717, 1.165) is 44.3 Å². The summed E-state index contributed by atoms with van der Waals surface area (Å²) in [5.74, 6) is 2.41. The van der Waals surface area contributed by atoms with Gasteiger partial charge in [-0.2, -0.15) is 0 Å². The summed E-state index contributed by atoms with van der Waals surface area (Å²) in [6, 6.07) is 8.18. The zero-order valence-corrected chi connectivity index (χ0v) is 17.5. The van der Waals surface area contributed by atoms with Crippen LogP contribution in [-0.2, 0) is 17.9 Å². The van der Waals surface area contributed by atoms with E-state index < -0.39 is 0 Å². The molecule has 0 aliphatic carbocycles. The van der Waals surface area contributed by atoms with Crippen LogP contribution in [0.4, 0.5) is 0 Å². The standard InChI is InChI=1S/C21H32N4O2S/c1-22-21(23-9-5-11-26-17-19-7-3-12-27-19)24-14-18-6-2-10-25(15-18)16-20-8-4-13-28-20/h3-4,7-8,12-13,18H,2,5-6,9-11,14-17H2,1H3,(H2,22,23,24). The summed E-state index contributed by atoms with van der Waals surface area (Å²) in [6.45, 7) is 6.48. The summed E-state index contributed by atoms with van der Waals surface area (Å²) in [6.07, 6.45) is 5.16. The van der Waals surface area contributed by atoms with E-state index in [9.17, 15) is 0 Å². The molecule has 1 unspecified atom stereocenters. The molecule has 28 heavy (non-hydrogen) atoms. The fourth-order valence-electron chi connectivity index (χ4n) is 3.49.